The zero-order valence-corrected chi connectivity index (χ0v) is 32.9. The first-order valence-electron chi connectivity index (χ1n) is 21.9. The predicted octanol–water partition coefficient (Wildman–Crippen LogP) is 14.8. The monoisotopic (exact) mass is 735 g/mol. The van der Waals surface area contributed by atoms with E-state index in [1.54, 1.807) is 16.7 Å². The normalized spacial score (nSPS) is 28.2. The molecule has 1 nitrogen and oxygen atoms in total. The quantitative estimate of drug-likeness (QED) is 0.174. The van der Waals surface area contributed by atoms with Crippen LogP contribution in [0.15, 0.2) is 152 Å². The van der Waals surface area contributed by atoms with Crippen LogP contribution < -0.4 is 4.90 Å². The molecule has 4 unspecified atom stereocenters. The second-order valence-corrected chi connectivity index (χ2v) is 19.2. The number of anilines is 3. The second kappa shape index (κ2) is 11.8. The van der Waals surface area contributed by atoms with Crippen molar-refractivity contribution in [3.05, 3.63) is 174 Å². The van der Waals surface area contributed by atoms with Gasteiger partial charge in [-0.25, -0.2) is 0 Å². The fourth-order valence-electron chi connectivity index (χ4n) is 14.0. The van der Waals surface area contributed by atoms with Crippen LogP contribution in [0.25, 0.3) is 44.2 Å². The molecule has 1 heteroatoms. The van der Waals surface area contributed by atoms with E-state index in [1.807, 2.05) is 0 Å². The fourth-order valence-corrected chi connectivity index (χ4v) is 14.0. The van der Waals surface area contributed by atoms with Crippen LogP contribution in [0.2, 0.25) is 0 Å². The highest BCUT2D eigenvalue weighted by Gasteiger charge is 2.75. The Labute approximate surface area is 337 Å². The topological polar surface area (TPSA) is 3.24 Å². The molecule has 278 valence electrons. The molecule has 0 amide bonds. The zero-order valence-electron chi connectivity index (χ0n) is 32.9. The fraction of sp³-hybridized carbons (Fsp3) is 0.286. The van der Waals surface area contributed by atoms with Crippen LogP contribution >= 0.6 is 0 Å². The summed E-state index contributed by atoms with van der Waals surface area (Å²) in [6, 6.07) is 58.9. The maximum atomic E-state index is 2.67. The number of nitrogens with zero attached hydrogens (tertiary/aromatic N) is 1. The molecule has 2 spiro atoms. The van der Waals surface area contributed by atoms with E-state index < -0.39 is 0 Å². The van der Waals surface area contributed by atoms with Gasteiger partial charge >= 0.3 is 0 Å². The van der Waals surface area contributed by atoms with Gasteiger partial charge in [-0.15, -0.1) is 0 Å². The first kappa shape index (κ1) is 32.7. The number of hydrogen-bond donors (Lipinski definition) is 0. The molecule has 13 rings (SSSR count). The molecular weight excluding hydrogens is 687 g/mol. The van der Waals surface area contributed by atoms with E-state index in [0.717, 1.165) is 23.7 Å². The van der Waals surface area contributed by atoms with Crippen molar-refractivity contribution in [2.75, 3.05) is 4.90 Å². The summed E-state index contributed by atoms with van der Waals surface area (Å²) in [4.78, 5) is 2.60. The molecule has 4 saturated carbocycles. The minimum atomic E-state index is 0.132. The number of rotatable bonds is 4. The average molecular weight is 736 g/mol. The summed E-state index contributed by atoms with van der Waals surface area (Å²) in [5.41, 5.74) is 19.2. The Morgan fingerprint density at radius 3 is 2.14 bits per heavy atom. The number of hydrogen-bond acceptors (Lipinski definition) is 1. The van der Waals surface area contributed by atoms with Crippen molar-refractivity contribution in [3.8, 4) is 33.4 Å². The zero-order chi connectivity index (χ0) is 37.5. The third-order valence-electron chi connectivity index (χ3n) is 16.1. The Morgan fingerprint density at radius 2 is 1.25 bits per heavy atom. The van der Waals surface area contributed by atoms with Crippen molar-refractivity contribution in [2.24, 2.45) is 29.1 Å². The molecule has 6 aliphatic rings. The summed E-state index contributed by atoms with van der Waals surface area (Å²) in [7, 11) is 0. The van der Waals surface area contributed by atoms with Crippen molar-refractivity contribution in [2.45, 2.75) is 69.6 Å². The van der Waals surface area contributed by atoms with Crippen LogP contribution in [-0.2, 0) is 11.8 Å². The number of benzene rings is 7. The first-order valence-corrected chi connectivity index (χ1v) is 21.9. The van der Waals surface area contributed by atoms with E-state index in [0.29, 0.717) is 11.3 Å². The van der Waals surface area contributed by atoms with Crippen LogP contribution in [0.4, 0.5) is 17.1 Å². The van der Waals surface area contributed by atoms with Crippen molar-refractivity contribution >= 4 is 27.8 Å². The molecular formula is C56H49N. The van der Waals surface area contributed by atoms with Crippen molar-refractivity contribution in [1.29, 1.82) is 0 Å². The van der Waals surface area contributed by atoms with Gasteiger partial charge in [0.1, 0.15) is 0 Å². The van der Waals surface area contributed by atoms with Crippen LogP contribution in [-0.4, -0.2) is 0 Å². The number of fused-ring (bicyclic) bond motifs is 15. The smallest absolute Gasteiger partial charge is 0.0465 e. The standard InChI is InChI=1S/C56H49N/c1-35-26-43-33-55(32-35)34-54(55)56(43)52-13-7-6-12-49(52)50-25-23-46(31-53(50)56)57(44-20-18-38(19-21-44)40-17-16-37-8-2-3-9-39(37)29-40)45-22-24-48-47-11-5-4-10-41(47)27-36-14-15-42(28-36)51(48)30-45/h2-13,16-25,29-31,35-36,42-43,54H,14-15,26-28,32-34H2,1H3/t35-,36?,42?,43-,54?,55?,56-/m0/s1. The van der Waals surface area contributed by atoms with E-state index in [-0.39, 0.29) is 5.41 Å². The molecule has 7 aromatic rings. The Hall–Kier alpha value is -5.40. The molecule has 0 radical (unpaired) electrons. The SMILES string of the molecule is C[C@H]1C[C@H]2CC3(CC3[C@]23c2ccccc2-c2ccc(N(c4ccc(-c5ccc6ccccc6c5)cc4)c4ccc5c(c4)C4CCC(Cc6ccccc6-5)C4)cc23)C1. The molecule has 0 saturated heterocycles. The minimum Gasteiger partial charge on any atom is -0.310 e. The van der Waals surface area contributed by atoms with Crippen LogP contribution in [0.5, 0.6) is 0 Å². The lowest BCUT2D eigenvalue weighted by atomic mass is 9.64. The van der Waals surface area contributed by atoms with Crippen LogP contribution in [0, 0.1) is 29.1 Å². The summed E-state index contributed by atoms with van der Waals surface area (Å²) >= 11 is 0. The van der Waals surface area contributed by atoms with Gasteiger partial charge in [-0.2, -0.15) is 0 Å². The molecule has 0 aromatic heterocycles. The largest absolute Gasteiger partial charge is 0.310 e. The first-order chi connectivity index (χ1) is 28.1. The van der Waals surface area contributed by atoms with Gasteiger partial charge in [0, 0.05) is 22.5 Å². The van der Waals surface area contributed by atoms with Gasteiger partial charge in [0.2, 0.25) is 0 Å². The molecule has 57 heavy (non-hydrogen) atoms. The van der Waals surface area contributed by atoms with Gasteiger partial charge in [-0.3, -0.25) is 0 Å². The summed E-state index contributed by atoms with van der Waals surface area (Å²) < 4.78 is 0. The minimum absolute atomic E-state index is 0.132. The summed E-state index contributed by atoms with van der Waals surface area (Å²) in [6.45, 7) is 2.54. The second-order valence-electron chi connectivity index (χ2n) is 19.2. The van der Waals surface area contributed by atoms with Crippen LogP contribution in [0.3, 0.4) is 0 Å². The van der Waals surface area contributed by atoms with Gasteiger partial charge in [-0.1, -0.05) is 116 Å². The summed E-state index contributed by atoms with van der Waals surface area (Å²) in [5, 5.41) is 2.57. The molecule has 7 atom stereocenters. The third-order valence-corrected chi connectivity index (χ3v) is 16.1. The highest BCUT2D eigenvalue weighted by molar-refractivity contribution is 5.90. The Morgan fingerprint density at radius 1 is 0.526 bits per heavy atom. The lowest BCUT2D eigenvalue weighted by molar-refractivity contribution is 0.202. The molecule has 0 N–H and O–H groups in total. The van der Waals surface area contributed by atoms with E-state index in [9.17, 15) is 0 Å². The van der Waals surface area contributed by atoms with Crippen molar-refractivity contribution in [1.82, 2.24) is 0 Å². The Balaban J connectivity index is 0.992. The van der Waals surface area contributed by atoms with E-state index in [1.165, 1.54) is 118 Å². The van der Waals surface area contributed by atoms with Gasteiger partial charge < -0.3 is 4.90 Å². The third kappa shape index (κ3) is 4.63. The molecule has 0 heterocycles. The lowest BCUT2D eigenvalue weighted by Gasteiger charge is -2.39. The summed E-state index contributed by atoms with van der Waals surface area (Å²) in [5.74, 6) is 3.69. The van der Waals surface area contributed by atoms with Crippen molar-refractivity contribution in [3.63, 3.8) is 0 Å². The maximum absolute atomic E-state index is 2.67. The van der Waals surface area contributed by atoms with E-state index >= 15 is 0 Å². The predicted molar refractivity (Wildman–Crippen MR) is 237 cm³/mol. The molecule has 7 aromatic carbocycles. The molecule has 4 bridgehead atoms. The lowest BCUT2D eigenvalue weighted by Crippen LogP contribution is -2.35. The van der Waals surface area contributed by atoms with Gasteiger partial charge in [0.15, 0.2) is 0 Å². The maximum Gasteiger partial charge on any atom is 0.0465 e. The highest BCUT2D eigenvalue weighted by Crippen LogP contribution is 2.82. The van der Waals surface area contributed by atoms with Gasteiger partial charge in [0.05, 0.1) is 0 Å². The summed E-state index contributed by atoms with van der Waals surface area (Å²) in [6.07, 6.45) is 10.7. The molecule has 0 aliphatic heterocycles. The average Bonchev–Trinajstić information content (AvgIpc) is 3.51. The Bertz CT molecular complexity index is 2770. The van der Waals surface area contributed by atoms with Crippen LogP contribution in [0.1, 0.15) is 80.0 Å². The van der Waals surface area contributed by atoms with Gasteiger partial charge in [-0.05, 0) is 195 Å². The Kier molecular flexibility index (Phi) is 6.78. The highest BCUT2D eigenvalue weighted by atomic mass is 15.1. The molecule has 4 fully saturated rings. The van der Waals surface area contributed by atoms with Gasteiger partial charge in [0.25, 0.3) is 0 Å². The molecule has 6 aliphatic carbocycles. The van der Waals surface area contributed by atoms with E-state index in [2.05, 4.69) is 163 Å². The van der Waals surface area contributed by atoms with E-state index in [4.69, 9.17) is 0 Å². The van der Waals surface area contributed by atoms with Crippen molar-refractivity contribution < 1.29 is 0 Å².